The van der Waals surface area contributed by atoms with Crippen LogP contribution in [0.15, 0.2) is 42.5 Å². The van der Waals surface area contributed by atoms with Gasteiger partial charge in [-0.2, -0.15) is 0 Å². The lowest BCUT2D eigenvalue weighted by Gasteiger charge is -2.56. The van der Waals surface area contributed by atoms with E-state index in [1.807, 2.05) is 36.9 Å². The van der Waals surface area contributed by atoms with E-state index in [9.17, 15) is 18.8 Å². The highest BCUT2D eigenvalue weighted by Crippen LogP contribution is 2.48. The van der Waals surface area contributed by atoms with Crippen LogP contribution in [0.25, 0.3) is 0 Å². The fourth-order valence-electron chi connectivity index (χ4n) is 5.61. The molecule has 1 fully saturated rings. The third-order valence-electron chi connectivity index (χ3n) is 7.28. The van der Waals surface area contributed by atoms with Gasteiger partial charge in [-0.3, -0.25) is 14.4 Å². The van der Waals surface area contributed by atoms with E-state index in [0.717, 1.165) is 5.56 Å². The van der Waals surface area contributed by atoms with Gasteiger partial charge in [-0.25, -0.2) is 4.39 Å². The minimum atomic E-state index is -0.740. The molecule has 2 aromatic carbocycles. The quantitative estimate of drug-likeness (QED) is 0.692. The first kappa shape index (κ1) is 23.9. The monoisotopic (exact) mass is 465 g/mol. The molecule has 1 spiro atoms. The van der Waals surface area contributed by atoms with Crippen LogP contribution < -0.4 is 0 Å². The zero-order valence-corrected chi connectivity index (χ0v) is 20.5. The zero-order valence-electron chi connectivity index (χ0n) is 20.5. The van der Waals surface area contributed by atoms with Gasteiger partial charge < -0.3 is 14.7 Å². The molecular weight excluding hydrogens is 433 g/mol. The molecule has 0 radical (unpaired) electrons. The maximum atomic E-state index is 14.1. The van der Waals surface area contributed by atoms with Crippen LogP contribution in [0.2, 0.25) is 0 Å². The van der Waals surface area contributed by atoms with Crippen LogP contribution in [0.3, 0.4) is 0 Å². The van der Waals surface area contributed by atoms with Gasteiger partial charge in [0.15, 0.2) is 0 Å². The number of carbonyl (C=O) groups is 3. The lowest BCUT2D eigenvalue weighted by Crippen LogP contribution is -2.67. The highest BCUT2D eigenvalue weighted by atomic mass is 19.1. The molecule has 1 unspecified atom stereocenters. The Labute approximate surface area is 200 Å². The normalized spacial score (nSPS) is 19.4. The predicted molar refractivity (Wildman–Crippen MR) is 128 cm³/mol. The summed E-state index contributed by atoms with van der Waals surface area (Å²) in [5.41, 5.74) is 1.38. The van der Waals surface area contributed by atoms with Crippen molar-refractivity contribution < 1.29 is 18.8 Å². The highest BCUT2D eigenvalue weighted by Gasteiger charge is 2.56. The number of piperidine rings is 1. The van der Waals surface area contributed by atoms with Crippen molar-refractivity contribution in [2.45, 2.75) is 51.1 Å². The molecular formula is C27H32FN3O3. The maximum absolute atomic E-state index is 14.1. The van der Waals surface area contributed by atoms with E-state index in [1.165, 1.54) is 6.07 Å². The number of likely N-dealkylation sites (tertiary alicyclic amines) is 1. The summed E-state index contributed by atoms with van der Waals surface area (Å²) in [5, 5.41) is 0. The molecule has 1 atom stereocenters. The number of hydrogen-bond acceptors (Lipinski definition) is 3. The summed E-state index contributed by atoms with van der Waals surface area (Å²) >= 11 is 0. The van der Waals surface area contributed by atoms with Crippen molar-refractivity contribution in [3.05, 3.63) is 70.5 Å². The molecule has 0 bridgehead atoms. The van der Waals surface area contributed by atoms with Gasteiger partial charge in [0.1, 0.15) is 5.82 Å². The Bertz CT molecular complexity index is 1140. The second-order valence-corrected chi connectivity index (χ2v) is 9.88. The van der Waals surface area contributed by atoms with Crippen LogP contribution in [0.5, 0.6) is 0 Å². The van der Waals surface area contributed by atoms with Crippen molar-refractivity contribution in [2.75, 3.05) is 27.2 Å². The van der Waals surface area contributed by atoms with E-state index < -0.39 is 17.3 Å². The third-order valence-corrected chi connectivity index (χ3v) is 7.28. The summed E-state index contributed by atoms with van der Waals surface area (Å²) in [6.45, 7) is 6.36. The van der Waals surface area contributed by atoms with Gasteiger partial charge in [0, 0.05) is 44.4 Å². The summed E-state index contributed by atoms with van der Waals surface area (Å²) < 4.78 is 14.1. The van der Waals surface area contributed by atoms with E-state index in [0.29, 0.717) is 42.6 Å². The summed E-state index contributed by atoms with van der Waals surface area (Å²) in [7, 11) is 3.47. The molecule has 0 aromatic heterocycles. The number of fused-ring (bicyclic) bond motifs is 1. The number of benzene rings is 2. The lowest BCUT2D eigenvalue weighted by atomic mass is 9.66. The van der Waals surface area contributed by atoms with Crippen LogP contribution in [0.4, 0.5) is 4.39 Å². The number of aryl methyl sites for hydroxylation is 1. The Hall–Kier alpha value is -3.22. The number of nitrogens with zero attached hydrogens (tertiary/aromatic N) is 3. The van der Waals surface area contributed by atoms with Gasteiger partial charge in [0.05, 0.1) is 11.5 Å². The van der Waals surface area contributed by atoms with Gasteiger partial charge >= 0.3 is 0 Å². The third kappa shape index (κ3) is 3.77. The molecule has 180 valence electrons. The average molecular weight is 466 g/mol. The summed E-state index contributed by atoms with van der Waals surface area (Å²) in [6.07, 6.45) is 0.936. The van der Waals surface area contributed by atoms with Gasteiger partial charge in [-0.1, -0.05) is 24.3 Å². The fraction of sp³-hybridized carbons (Fsp3) is 0.444. The molecule has 34 heavy (non-hydrogen) atoms. The second-order valence-electron chi connectivity index (χ2n) is 9.88. The number of hydrogen-bond donors (Lipinski definition) is 0. The molecule has 7 heteroatoms. The Morgan fingerprint density at radius 2 is 1.74 bits per heavy atom. The van der Waals surface area contributed by atoms with Crippen molar-refractivity contribution in [2.24, 2.45) is 0 Å². The van der Waals surface area contributed by atoms with E-state index in [4.69, 9.17) is 0 Å². The molecule has 0 N–H and O–H groups in total. The molecule has 1 saturated heterocycles. The smallest absolute Gasteiger partial charge is 0.254 e. The van der Waals surface area contributed by atoms with Crippen LogP contribution in [-0.4, -0.2) is 71.2 Å². The van der Waals surface area contributed by atoms with E-state index in [1.54, 1.807) is 49.0 Å². The van der Waals surface area contributed by atoms with E-state index >= 15 is 0 Å². The minimum absolute atomic E-state index is 0.0500. The first-order chi connectivity index (χ1) is 16.1. The molecule has 0 aliphatic carbocycles. The van der Waals surface area contributed by atoms with Gasteiger partial charge in [0.2, 0.25) is 5.91 Å². The highest BCUT2D eigenvalue weighted by molar-refractivity contribution is 6.02. The fourth-order valence-corrected chi connectivity index (χ4v) is 5.61. The number of halogens is 1. The molecule has 6 nitrogen and oxygen atoms in total. The standard InChI is InChI=1S/C27H32FN3O3/c1-17(2)31-25(33)21-9-7-6-8-20(21)23(26(34)29(4)5)27(31)12-14-30(15-13-27)24(32)19-11-10-18(3)22(28)16-19/h6-11,16-17,23H,12-15H2,1-5H3. The SMILES string of the molecule is Cc1ccc(C(=O)N2CCC3(CC2)C(C(=O)N(C)C)c2ccccc2C(=O)N3C(C)C)cc1F. The Morgan fingerprint density at radius 3 is 2.32 bits per heavy atom. The first-order valence-electron chi connectivity index (χ1n) is 11.8. The van der Waals surface area contributed by atoms with Crippen molar-refractivity contribution in [3.63, 3.8) is 0 Å². The summed E-state index contributed by atoms with van der Waals surface area (Å²) in [5.74, 6) is -1.29. The van der Waals surface area contributed by atoms with Gasteiger partial charge in [-0.05, 0) is 62.9 Å². The Morgan fingerprint density at radius 1 is 1.09 bits per heavy atom. The van der Waals surface area contributed by atoms with E-state index in [2.05, 4.69) is 0 Å². The molecule has 0 saturated carbocycles. The van der Waals surface area contributed by atoms with Crippen molar-refractivity contribution in [1.29, 1.82) is 0 Å². The molecule has 2 aliphatic heterocycles. The van der Waals surface area contributed by atoms with Gasteiger partial charge in [0.25, 0.3) is 11.8 Å². The zero-order chi connectivity index (χ0) is 24.8. The predicted octanol–water partition coefficient (Wildman–Crippen LogP) is 3.85. The Balaban J connectivity index is 1.73. The lowest BCUT2D eigenvalue weighted by molar-refractivity contribution is -0.136. The minimum Gasteiger partial charge on any atom is -0.348 e. The number of likely N-dealkylation sites (N-methyl/N-ethyl adjacent to an activating group) is 1. The van der Waals surface area contributed by atoms with Crippen molar-refractivity contribution in [1.82, 2.24) is 14.7 Å². The van der Waals surface area contributed by atoms with Crippen molar-refractivity contribution >= 4 is 17.7 Å². The molecule has 2 aromatic rings. The Kier molecular flexibility index (Phi) is 6.23. The first-order valence-corrected chi connectivity index (χ1v) is 11.8. The number of carbonyl (C=O) groups excluding carboxylic acids is 3. The van der Waals surface area contributed by atoms with Crippen LogP contribution in [0, 0.1) is 12.7 Å². The van der Waals surface area contributed by atoms with Crippen molar-refractivity contribution in [3.8, 4) is 0 Å². The topological polar surface area (TPSA) is 60.9 Å². The number of rotatable bonds is 3. The average Bonchev–Trinajstić information content (AvgIpc) is 2.80. The molecule has 4 rings (SSSR count). The van der Waals surface area contributed by atoms with Crippen LogP contribution in [0.1, 0.15) is 64.4 Å². The molecule has 2 heterocycles. The summed E-state index contributed by atoms with van der Waals surface area (Å²) in [6, 6.07) is 11.8. The second kappa shape index (κ2) is 8.85. The maximum Gasteiger partial charge on any atom is 0.254 e. The van der Waals surface area contributed by atoms with Gasteiger partial charge in [-0.15, -0.1) is 0 Å². The largest absolute Gasteiger partial charge is 0.348 e. The summed E-state index contributed by atoms with van der Waals surface area (Å²) in [4.78, 5) is 45.5. The number of amides is 3. The van der Waals surface area contributed by atoms with Crippen LogP contribution in [-0.2, 0) is 4.79 Å². The molecule has 2 aliphatic rings. The van der Waals surface area contributed by atoms with Crippen LogP contribution >= 0.6 is 0 Å². The molecule has 3 amide bonds. The van der Waals surface area contributed by atoms with E-state index in [-0.39, 0.29) is 23.8 Å².